The molecule has 0 spiro atoms. The zero-order valence-corrected chi connectivity index (χ0v) is 10.0. The van der Waals surface area contributed by atoms with Gasteiger partial charge in [0.15, 0.2) is 0 Å². The van der Waals surface area contributed by atoms with Crippen LogP contribution in [0.15, 0.2) is 4.42 Å². The van der Waals surface area contributed by atoms with Gasteiger partial charge in [-0.05, 0) is 7.05 Å². The summed E-state index contributed by atoms with van der Waals surface area (Å²) in [4.78, 5) is 14.6. The number of carbonyl (C=O) groups is 1. The summed E-state index contributed by atoms with van der Waals surface area (Å²) in [5.74, 6) is 0.484. The molecule has 0 atom stereocenters. The third-order valence-electron chi connectivity index (χ3n) is 1.98. The van der Waals surface area contributed by atoms with Crippen LogP contribution in [0.2, 0.25) is 0 Å². The molecular formula is C9H17N5O2. The Bertz CT molecular complexity index is 349. The second-order valence-corrected chi connectivity index (χ2v) is 3.65. The van der Waals surface area contributed by atoms with E-state index in [0.29, 0.717) is 18.5 Å². The molecule has 0 radical (unpaired) electrons. The van der Waals surface area contributed by atoms with Gasteiger partial charge in [0.25, 0.3) is 0 Å². The van der Waals surface area contributed by atoms with Gasteiger partial charge >= 0.3 is 6.01 Å². The number of nitrogens with one attached hydrogen (secondary N) is 1. The molecule has 0 saturated heterocycles. The predicted octanol–water partition coefficient (Wildman–Crippen LogP) is -0.687. The number of hydrogen-bond acceptors (Lipinski definition) is 6. The van der Waals surface area contributed by atoms with E-state index in [1.54, 1.807) is 33.1 Å². The van der Waals surface area contributed by atoms with Crippen molar-refractivity contribution in [2.24, 2.45) is 0 Å². The molecule has 1 N–H and O–H groups in total. The fourth-order valence-corrected chi connectivity index (χ4v) is 1.03. The Kier molecular flexibility index (Phi) is 4.24. The number of anilines is 1. The molecule has 0 aromatic carbocycles. The van der Waals surface area contributed by atoms with E-state index in [0.717, 1.165) is 0 Å². The van der Waals surface area contributed by atoms with E-state index in [9.17, 15) is 4.79 Å². The fourth-order valence-electron chi connectivity index (χ4n) is 1.03. The average Bonchev–Trinajstić information content (AvgIpc) is 2.66. The molecule has 7 nitrogen and oxygen atoms in total. The monoisotopic (exact) mass is 227 g/mol. The van der Waals surface area contributed by atoms with Crippen LogP contribution in [0.5, 0.6) is 0 Å². The first-order chi connectivity index (χ1) is 7.54. The molecule has 0 fully saturated rings. The van der Waals surface area contributed by atoms with Crippen LogP contribution in [0.25, 0.3) is 0 Å². The molecule has 0 bridgehead atoms. The summed E-state index contributed by atoms with van der Waals surface area (Å²) in [5, 5.41) is 10.6. The molecule has 0 aliphatic rings. The van der Waals surface area contributed by atoms with Crippen LogP contribution in [0.4, 0.5) is 6.01 Å². The summed E-state index contributed by atoms with van der Waals surface area (Å²) in [5.41, 5.74) is 0. The van der Waals surface area contributed by atoms with E-state index in [1.165, 1.54) is 4.90 Å². The van der Waals surface area contributed by atoms with Crippen molar-refractivity contribution < 1.29 is 9.21 Å². The molecule has 1 aromatic rings. The molecule has 1 aromatic heterocycles. The standard InChI is InChI=1S/C9H17N5O2/c1-10-5-7-11-12-9(16-7)14(4)6-8(15)13(2)3/h10H,5-6H2,1-4H3. The molecule has 16 heavy (non-hydrogen) atoms. The zero-order valence-electron chi connectivity index (χ0n) is 10.0. The number of likely N-dealkylation sites (N-methyl/N-ethyl adjacent to an activating group) is 2. The highest BCUT2D eigenvalue weighted by atomic mass is 16.4. The number of rotatable bonds is 5. The highest BCUT2D eigenvalue weighted by molar-refractivity contribution is 5.80. The molecule has 0 aliphatic heterocycles. The van der Waals surface area contributed by atoms with Crippen LogP contribution in [-0.4, -0.2) is 55.7 Å². The van der Waals surface area contributed by atoms with Gasteiger partial charge in [-0.15, -0.1) is 5.10 Å². The Morgan fingerprint density at radius 2 is 2.06 bits per heavy atom. The van der Waals surface area contributed by atoms with Crippen molar-refractivity contribution in [3.63, 3.8) is 0 Å². The lowest BCUT2D eigenvalue weighted by Crippen LogP contribution is -2.34. The first kappa shape index (κ1) is 12.4. The van der Waals surface area contributed by atoms with Gasteiger partial charge < -0.3 is 19.5 Å². The van der Waals surface area contributed by atoms with E-state index < -0.39 is 0 Å². The van der Waals surface area contributed by atoms with Gasteiger partial charge in [-0.1, -0.05) is 5.10 Å². The largest absolute Gasteiger partial charge is 0.407 e. The Labute approximate surface area is 94.4 Å². The molecular weight excluding hydrogens is 210 g/mol. The molecule has 1 heterocycles. The van der Waals surface area contributed by atoms with Crippen LogP contribution in [0, 0.1) is 0 Å². The van der Waals surface area contributed by atoms with E-state index in [4.69, 9.17) is 4.42 Å². The fraction of sp³-hybridized carbons (Fsp3) is 0.667. The van der Waals surface area contributed by atoms with Gasteiger partial charge in [0, 0.05) is 21.1 Å². The van der Waals surface area contributed by atoms with Gasteiger partial charge in [0.1, 0.15) is 6.54 Å². The van der Waals surface area contributed by atoms with E-state index in [1.807, 2.05) is 0 Å². The van der Waals surface area contributed by atoms with E-state index >= 15 is 0 Å². The zero-order chi connectivity index (χ0) is 12.1. The topological polar surface area (TPSA) is 74.5 Å². The smallest absolute Gasteiger partial charge is 0.318 e. The molecule has 0 unspecified atom stereocenters. The minimum absolute atomic E-state index is 0.0177. The van der Waals surface area contributed by atoms with Crippen molar-refractivity contribution >= 4 is 11.9 Å². The molecule has 7 heteroatoms. The predicted molar refractivity (Wildman–Crippen MR) is 59.0 cm³/mol. The maximum absolute atomic E-state index is 11.4. The van der Waals surface area contributed by atoms with Crippen LogP contribution in [-0.2, 0) is 11.3 Å². The third kappa shape index (κ3) is 3.20. The molecule has 1 amide bonds. The minimum Gasteiger partial charge on any atom is -0.407 e. The van der Waals surface area contributed by atoms with E-state index in [2.05, 4.69) is 15.5 Å². The lowest BCUT2D eigenvalue weighted by atomic mass is 10.5. The number of amides is 1. The maximum atomic E-state index is 11.4. The number of nitrogens with zero attached hydrogens (tertiary/aromatic N) is 4. The summed E-state index contributed by atoms with van der Waals surface area (Å²) < 4.78 is 5.34. The molecule has 90 valence electrons. The Hall–Kier alpha value is -1.63. The van der Waals surface area contributed by atoms with Gasteiger partial charge in [-0.2, -0.15) is 0 Å². The number of hydrogen-bond donors (Lipinski definition) is 1. The summed E-state index contributed by atoms with van der Waals surface area (Å²) in [6.07, 6.45) is 0. The van der Waals surface area contributed by atoms with Crippen LogP contribution in [0.1, 0.15) is 5.89 Å². The summed E-state index contributed by atoms with van der Waals surface area (Å²) in [6, 6.07) is 0.348. The normalized spacial score (nSPS) is 10.2. The van der Waals surface area contributed by atoms with Crippen molar-refractivity contribution in [2.75, 3.05) is 39.6 Å². The molecule has 1 rings (SSSR count). The van der Waals surface area contributed by atoms with Crippen LogP contribution in [0.3, 0.4) is 0 Å². The third-order valence-corrected chi connectivity index (χ3v) is 1.98. The van der Waals surface area contributed by atoms with Gasteiger partial charge in [0.05, 0.1) is 6.54 Å². The van der Waals surface area contributed by atoms with Crippen LogP contribution < -0.4 is 10.2 Å². The van der Waals surface area contributed by atoms with E-state index in [-0.39, 0.29) is 12.5 Å². The molecule has 0 saturated carbocycles. The van der Waals surface area contributed by atoms with Crippen molar-refractivity contribution in [1.29, 1.82) is 0 Å². The minimum atomic E-state index is -0.0177. The van der Waals surface area contributed by atoms with Crippen LogP contribution >= 0.6 is 0 Å². The van der Waals surface area contributed by atoms with Gasteiger partial charge in [0.2, 0.25) is 11.8 Å². The second kappa shape index (κ2) is 5.45. The summed E-state index contributed by atoms with van der Waals surface area (Å²) in [7, 11) is 6.94. The van der Waals surface area contributed by atoms with Crippen molar-refractivity contribution in [3.8, 4) is 0 Å². The van der Waals surface area contributed by atoms with Crippen molar-refractivity contribution in [1.82, 2.24) is 20.4 Å². The molecule has 0 aliphatic carbocycles. The Balaban J connectivity index is 2.58. The SMILES string of the molecule is CNCc1nnc(N(C)CC(=O)N(C)C)o1. The highest BCUT2D eigenvalue weighted by Crippen LogP contribution is 2.09. The van der Waals surface area contributed by atoms with Crippen molar-refractivity contribution in [3.05, 3.63) is 5.89 Å². The lowest BCUT2D eigenvalue weighted by Gasteiger charge is -2.16. The summed E-state index contributed by atoms with van der Waals surface area (Å²) in [6.45, 7) is 0.733. The maximum Gasteiger partial charge on any atom is 0.318 e. The highest BCUT2D eigenvalue weighted by Gasteiger charge is 2.14. The quantitative estimate of drug-likeness (QED) is 0.718. The number of aromatic nitrogens is 2. The summed E-state index contributed by atoms with van der Waals surface area (Å²) >= 11 is 0. The Morgan fingerprint density at radius 1 is 1.38 bits per heavy atom. The first-order valence-corrected chi connectivity index (χ1v) is 4.93. The first-order valence-electron chi connectivity index (χ1n) is 4.93. The average molecular weight is 227 g/mol. The Morgan fingerprint density at radius 3 is 2.62 bits per heavy atom. The number of carbonyl (C=O) groups excluding carboxylic acids is 1. The second-order valence-electron chi connectivity index (χ2n) is 3.65. The lowest BCUT2D eigenvalue weighted by molar-refractivity contribution is -0.127. The van der Waals surface area contributed by atoms with Gasteiger partial charge in [-0.25, -0.2) is 0 Å². The van der Waals surface area contributed by atoms with Crippen molar-refractivity contribution in [2.45, 2.75) is 6.54 Å². The van der Waals surface area contributed by atoms with Gasteiger partial charge in [-0.3, -0.25) is 4.79 Å².